The van der Waals surface area contributed by atoms with E-state index in [0.717, 1.165) is 0 Å². The van der Waals surface area contributed by atoms with Gasteiger partial charge in [-0.3, -0.25) is 4.79 Å². The van der Waals surface area contributed by atoms with Crippen molar-refractivity contribution in [3.05, 3.63) is 98.5 Å². The lowest BCUT2D eigenvalue weighted by Gasteiger charge is -2.40. The molecule has 0 aromatic heterocycles. The fourth-order valence-electron chi connectivity index (χ4n) is 6.56. The van der Waals surface area contributed by atoms with Crippen LogP contribution in [0.5, 0.6) is 5.75 Å². The van der Waals surface area contributed by atoms with Crippen molar-refractivity contribution in [1.82, 2.24) is 0 Å². The minimum atomic E-state index is -1.41. The van der Waals surface area contributed by atoms with E-state index in [1.54, 1.807) is 18.2 Å². The number of ketones is 1. The fraction of sp³-hybridized carbons (Fsp3) is 0.353. The predicted octanol–water partition coefficient (Wildman–Crippen LogP) is 8.52. The number of Topliss-reactive ketones (excluding diaryl/α,β-unsaturated/α-hetero) is 1. The molecule has 0 radical (unpaired) electrons. The Morgan fingerprint density at radius 3 is 2.43 bits per heavy atom. The highest BCUT2D eigenvalue weighted by atomic mass is 35.5. The van der Waals surface area contributed by atoms with Crippen molar-refractivity contribution < 1.29 is 28.2 Å². The van der Waals surface area contributed by atoms with Crippen LogP contribution in [0.4, 0.5) is 8.78 Å². The van der Waals surface area contributed by atoms with Gasteiger partial charge in [0.25, 0.3) is 0 Å². The van der Waals surface area contributed by atoms with Gasteiger partial charge in [0.2, 0.25) is 0 Å². The number of terminal acetylenes is 1. The van der Waals surface area contributed by atoms with Crippen LogP contribution < -0.4 is 4.74 Å². The summed E-state index contributed by atoms with van der Waals surface area (Å²) < 4.78 is 37.1. The van der Waals surface area contributed by atoms with E-state index in [9.17, 15) is 14.7 Å². The van der Waals surface area contributed by atoms with E-state index >= 15 is 8.78 Å². The molecule has 4 atom stereocenters. The van der Waals surface area contributed by atoms with E-state index in [4.69, 9.17) is 34.4 Å². The molecule has 0 amide bonds. The zero-order valence-corrected chi connectivity index (χ0v) is 25.3. The summed E-state index contributed by atoms with van der Waals surface area (Å²) in [6, 6.07) is 13.1. The van der Waals surface area contributed by atoms with Crippen molar-refractivity contribution in [2.45, 2.75) is 51.4 Å². The number of ether oxygens (including phenoxy) is 1. The molecule has 0 unspecified atom stereocenters. The monoisotopic (exact) mass is 612 g/mol. The van der Waals surface area contributed by atoms with E-state index in [0.29, 0.717) is 12.0 Å². The molecule has 1 fully saturated rings. The Hall–Kier alpha value is -3.40. The average molecular weight is 614 g/mol. The van der Waals surface area contributed by atoms with Crippen molar-refractivity contribution >= 4 is 35.0 Å². The van der Waals surface area contributed by atoms with Crippen molar-refractivity contribution in [2.75, 3.05) is 7.11 Å². The molecule has 220 valence electrons. The Balaban J connectivity index is 1.95. The highest BCUT2D eigenvalue weighted by Gasteiger charge is 2.59. The molecule has 4 nitrogen and oxygen atoms in total. The minimum absolute atomic E-state index is 0.0117. The van der Waals surface area contributed by atoms with Crippen molar-refractivity contribution in [3.8, 4) is 18.1 Å². The number of methoxy groups -OCH3 is 1. The molecule has 1 aliphatic rings. The highest BCUT2D eigenvalue weighted by Crippen LogP contribution is 2.61. The summed E-state index contributed by atoms with van der Waals surface area (Å²) in [5.74, 6) is -1.80. The van der Waals surface area contributed by atoms with Gasteiger partial charge in [0.05, 0.1) is 23.1 Å². The third kappa shape index (κ3) is 5.91. The topological polar surface area (TPSA) is 63.6 Å². The zero-order valence-electron chi connectivity index (χ0n) is 23.8. The fourth-order valence-corrected chi connectivity index (χ4v) is 6.90. The normalized spacial score (nSPS) is 22.0. The maximum atomic E-state index is 15.9. The number of carbonyl (C=O) groups excluding carboxylic acids is 1. The van der Waals surface area contributed by atoms with Crippen LogP contribution in [0.2, 0.25) is 10.0 Å². The summed E-state index contributed by atoms with van der Waals surface area (Å²) in [6.07, 6.45) is 7.02. The standard InChI is InChI=1S/C34H32Cl2F2O4/c1-6-34(25-13-12-22(35)17-27(25)37)21(18-33(2,3)4)16-24(30(34)23-8-7-9-26(36)31(23)38)28(39)14-19-10-11-20(32(40)41)15-29(19)42-5/h1,7-13,15,17,21,24,30H,14,16,18H2,2-5H3,(H,40,41)/t21-,24-,30-,34+/m0/s1. The molecular formula is C34H32Cl2F2O4. The van der Waals surface area contributed by atoms with Crippen molar-refractivity contribution in [2.24, 2.45) is 17.3 Å². The summed E-state index contributed by atoms with van der Waals surface area (Å²) in [6.45, 7) is 6.10. The van der Waals surface area contributed by atoms with Crippen LogP contribution in [0, 0.1) is 41.2 Å². The summed E-state index contributed by atoms with van der Waals surface area (Å²) >= 11 is 12.4. The molecule has 0 bridgehead atoms. The first-order valence-electron chi connectivity index (χ1n) is 13.5. The van der Waals surface area contributed by atoms with Gasteiger partial charge in [-0.1, -0.05) is 74.2 Å². The molecule has 1 N–H and O–H groups in total. The van der Waals surface area contributed by atoms with Crippen molar-refractivity contribution in [3.63, 3.8) is 0 Å². The van der Waals surface area contributed by atoms with Crippen molar-refractivity contribution in [1.29, 1.82) is 0 Å². The minimum Gasteiger partial charge on any atom is -0.496 e. The lowest BCUT2D eigenvalue weighted by molar-refractivity contribution is -0.122. The second kappa shape index (κ2) is 12.1. The number of rotatable bonds is 8. The maximum Gasteiger partial charge on any atom is 0.335 e. The molecule has 1 saturated carbocycles. The van der Waals surface area contributed by atoms with Gasteiger partial charge in [0.1, 0.15) is 23.2 Å². The zero-order chi connectivity index (χ0) is 31.0. The first-order chi connectivity index (χ1) is 19.7. The molecule has 4 rings (SSSR count). The molecule has 1 aliphatic carbocycles. The van der Waals surface area contributed by atoms with Crippen LogP contribution in [0.3, 0.4) is 0 Å². The number of halogens is 4. The van der Waals surface area contributed by atoms with Crippen LogP contribution in [-0.2, 0) is 16.6 Å². The van der Waals surface area contributed by atoms with Gasteiger partial charge in [-0.15, -0.1) is 6.42 Å². The second-order valence-corrected chi connectivity index (χ2v) is 12.9. The number of benzene rings is 3. The first-order valence-corrected chi connectivity index (χ1v) is 14.3. The molecule has 0 heterocycles. The molecule has 8 heteroatoms. The first kappa shape index (κ1) is 31.5. The van der Waals surface area contributed by atoms with Gasteiger partial charge in [-0.2, -0.15) is 0 Å². The third-order valence-corrected chi connectivity index (χ3v) is 8.71. The summed E-state index contributed by atoms with van der Waals surface area (Å²) in [4.78, 5) is 25.7. The van der Waals surface area contributed by atoms with Crippen LogP contribution in [0.1, 0.15) is 66.6 Å². The van der Waals surface area contributed by atoms with Crippen LogP contribution in [-0.4, -0.2) is 24.0 Å². The molecule has 0 aliphatic heterocycles. The number of carboxylic acids is 1. The Kier molecular flexibility index (Phi) is 9.06. The van der Waals surface area contributed by atoms with Crippen LogP contribution in [0.15, 0.2) is 54.6 Å². The lowest BCUT2D eigenvalue weighted by atomic mass is 9.61. The van der Waals surface area contributed by atoms with Gasteiger partial charge in [0.15, 0.2) is 0 Å². The number of carbonyl (C=O) groups is 2. The van der Waals surface area contributed by atoms with E-state index in [-0.39, 0.29) is 56.5 Å². The number of carboxylic acid groups (broad SMARTS) is 1. The predicted molar refractivity (Wildman–Crippen MR) is 160 cm³/mol. The summed E-state index contributed by atoms with van der Waals surface area (Å²) in [7, 11) is 1.39. The van der Waals surface area contributed by atoms with Gasteiger partial charge < -0.3 is 9.84 Å². The maximum absolute atomic E-state index is 15.9. The Morgan fingerprint density at radius 2 is 1.83 bits per heavy atom. The quantitative estimate of drug-likeness (QED) is 0.259. The van der Waals surface area contributed by atoms with Gasteiger partial charge in [-0.25, -0.2) is 13.6 Å². The van der Waals surface area contributed by atoms with Gasteiger partial charge in [0, 0.05) is 34.4 Å². The second-order valence-electron chi connectivity index (χ2n) is 12.0. The van der Waals surface area contributed by atoms with Gasteiger partial charge in [-0.05, 0) is 60.1 Å². The molecule has 42 heavy (non-hydrogen) atoms. The lowest BCUT2D eigenvalue weighted by Crippen LogP contribution is -2.39. The summed E-state index contributed by atoms with van der Waals surface area (Å²) in [5, 5.41) is 9.44. The molecule has 0 saturated heterocycles. The Labute approximate surface area is 255 Å². The van der Waals surface area contributed by atoms with Crippen LogP contribution in [0.25, 0.3) is 0 Å². The molecule has 3 aromatic rings. The molecule has 3 aromatic carbocycles. The number of hydrogen-bond acceptors (Lipinski definition) is 3. The number of hydrogen-bond donors (Lipinski definition) is 1. The molecular weight excluding hydrogens is 581 g/mol. The van der Waals surface area contributed by atoms with Crippen LogP contribution >= 0.6 is 23.2 Å². The van der Waals surface area contributed by atoms with E-state index < -0.39 is 40.8 Å². The highest BCUT2D eigenvalue weighted by molar-refractivity contribution is 6.31. The average Bonchev–Trinajstić information content (AvgIpc) is 3.23. The smallest absolute Gasteiger partial charge is 0.335 e. The third-order valence-electron chi connectivity index (χ3n) is 8.18. The van der Waals surface area contributed by atoms with Gasteiger partial charge >= 0.3 is 5.97 Å². The SMILES string of the molecule is C#C[C@]1(c2ccc(Cl)cc2F)[C@H](CC(C)(C)C)C[C@@H](C(=O)Cc2ccc(C(=O)O)cc2OC)[C@@H]1c1cccc(Cl)c1F. The molecule has 0 spiro atoms. The van der Waals surface area contributed by atoms with E-state index in [2.05, 4.69) is 5.92 Å². The Morgan fingerprint density at radius 1 is 1.12 bits per heavy atom. The van der Waals surface area contributed by atoms with E-state index in [1.807, 2.05) is 20.8 Å². The summed E-state index contributed by atoms with van der Waals surface area (Å²) in [5.41, 5.74) is -0.880. The largest absolute Gasteiger partial charge is 0.496 e. The Bertz CT molecular complexity index is 1570. The van der Waals surface area contributed by atoms with E-state index in [1.165, 1.54) is 43.5 Å². The number of aromatic carboxylic acids is 1.